The minimum atomic E-state index is -0.448. The number of fused-ring (bicyclic) bond motifs is 1. The molecule has 0 aliphatic rings. The largest absolute Gasteiger partial charge is 0.465 e. The summed E-state index contributed by atoms with van der Waals surface area (Å²) >= 11 is 0. The topological polar surface area (TPSA) is 64.4 Å². The maximum atomic E-state index is 13.4. The Kier molecular flexibility index (Phi) is 6.09. The second-order valence-electron chi connectivity index (χ2n) is 6.60. The van der Waals surface area contributed by atoms with Crippen LogP contribution in [0, 0.1) is 0 Å². The van der Waals surface area contributed by atoms with E-state index >= 15 is 0 Å². The highest BCUT2D eigenvalue weighted by Crippen LogP contribution is 2.21. The van der Waals surface area contributed by atoms with Crippen LogP contribution in [0.1, 0.15) is 37.0 Å². The van der Waals surface area contributed by atoms with Crippen molar-refractivity contribution in [3.63, 3.8) is 0 Å². The molecule has 0 amide bonds. The summed E-state index contributed by atoms with van der Waals surface area (Å²) in [7, 11) is 1.34. The molecule has 0 aliphatic heterocycles. The molecule has 6 nitrogen and oxygen atoms in total. The number of carbonyl (C=O) groups is 1. The molecule has 0 atom stereocenters. The number of methoxy groups -OCH3 is 1. The van der Waals surface area contributed by atoms with Crippen molar-refractivity contribution in [2.75, 3.05) is 25.1 Å². The standard InChI is InChI=1S/C22H25N3O3/c1-4-13-24(14-5-2)22-23-19-15-16(21(27)28-3)11-12-18(19)20(26)25(22)17-9-7-6-8-10-17/h6-12,15H,4-5,13-14H2,1-3H3. The summed E-state index contributed by atoms with van der Waals surface area (Å²) in [5, 5.41) is 0.466. The summed E-state index contributed by atoms with van der Waals surface area (Å²) in [5.41, 5.74) is 1.49. The van der Waals surface area contributed by atoms with Crippen LogP contribution in [0.3, 0.4) is 0 Å². The maximum absolute atomic E-state index is 13.4. The van der Waals surface area contributed by atoms with E-state index in [0.29, 0.717) is 22.4 Å². The Bertz CT molecular complexity index is 1020. The number of anilines is 1. The number of nitrogens with zero attached hydrogens (tertiary/aromatic N) is 3. The molecule has 146 valence electrons. The van der Waals surface area contributed by atoms with Gasteiger partial charge in [0.1, 0.15) is 0 Å². The summed E-state index contributed by atoms with van der Waals surface area (Å²) in [4.78, 5) is 32.2. The number of benzene rings is 2. The van der Waals surface area contributed by atoms with E-state index in [1.54, 1.807) is 22.8 Å². The Hall–Kier alpha value is -3.15. The fourth-order valence-corrected chi connectivity index (χ4v) is 3.29. The zero-order chi connectivity index (χ0) is 20.1. The van der Waals surface area contributed by atoms with Crippen molar-refractivity contribution in [2.24, 2.45) is 0 Å². The molecule has 1 aromatic heterocycles. The van der Waals surface area contributed by atoms with Crippen molar-refractivity contribution in [1.82, 2.24) is 9.55 Å². The van der Waals surface area contributed by atoms with Crippen molar-refractivity contribution in [3.8, 4) is 5.69 Å². The molecule has 0 fully saturated rings. The van der Waals surface area contributed by atoms with Crippen LogP contribution in [-0.4, -0.2) is 35.7 Å². The van der Waals surface area contributed by atoms with E-state index in [-0.39, 0.29) is 5.56 Å². The molecule has 3 rings (SSSR count). The molecule has 0 radical (unpaired) electrons. The molecule has 0 unspecified atom stereocenters. The summed E-state index contributed by atoms with van der Waals surface area (Å²) < 4.78 is 6.46. The summed E-state index contributed by atoms with van der Waals surface area (Å²) in [6.07, 6.45) is 1.87. The fraction of sp³-hybridized carbons (Fsp3) is 0.318. The van der Waals surface area contributed by atoms with Crippen LogP contribution in [0.5, 0.6) is 0 Å². The van der Waals surface area contributed by atoms with E-state index < -0.39 is 5.97 Å². The van der Waals surface area contributed by atoms with E-state index in [2.05, 4.69) is 18.7 Å². The van der Waals surface area contributed by atoms with Gasteiger partial charge in [0, 0.05) is 13.1 Å². The van der Waals surface area contributed by atoms with E-state index in [0.717, 1.165) is 31.6 Å². The summed E-state index contributed by atoms with van der Waals surface area (Å²) in [5.74, 6) is 0.144. The lowest BCUT2D eigenvalue weighted by Crippen LogP contribution is -2.33. The minimum absolute atomic E-state index is 0.153. The lowest BCUT2D eigenvalue weighted by molar-refractivity contribution is 0.0601. The highest BCUT2D eigenvalue weighted by atomic mass is 16.5. The third-order valence-corrected chi connectivity index (χ3v) is 4.56. The van der Waals surface area contributed by atoms with Crippen LogP contribution in [-0.2, 0) is 4.74 Å². The number of ether oxygens (including phenoxy) is 1. The SMILES string of the molecule is CCCN(CCC)c1nc2cc(C(=O)OC)ccc2c(=O)n1-c1ccccc1. The monoisotopic (exact) mass is 379 g/mol. The maximum Gasteiger partial charge on any atom is 0.337 e. The van der Waals surface area contributed by atoms with Crippen molar-refractivity contribution in [3.05, 3.63) is 64.4 Å². The Balaban J connectivity index is 2.31. The first-order valence-electron chi connectivity index (χ1n) is 9.56. The zero-order valence-corrected chi connectivity index (χ0v) is 16.5. The van der Waals surface area contributed by atoms with Gasteiger partial charge in [0.15, 0.2) is 0 Å². The first kappa shape index (κ1) is 19.6. The molecule has 0 aliphatic carbocycles. The number of aromatic nitrogens is 2. The van der Waals surface area contributed by atoms with Crippen LogP contribution in [0.2, 0.25) is 0 Å². The lowest BCUT2D eigenvalue weighted by atomic mass is 10.1. The molecule has 0 N–H and O–H groups in total. The van der Waals surface area contributed by atoms with Crippen molar-refractivity contribution < 1.29 is 9.53 Å². The van der Waals surface area contributed by atoms with Gasteiger partial charge in [-0.2, -0.15) is 0 Å². The lowest BCUT2D eigenvalue weighted by Gasteiger charge is -2.26. The van der Waals surface area contributed by atoms with Crippen LogP contribution < -0.4 is 10.5 Å². The number of hydrogen-bond donors (Lipinski definition) is 0. The molecular weight excluding hydrogens is 354 g/mol. The second-order valence-corrected chi connectivity index (χ2v) is 6.60. The van der Waals surface area contributed by atoms with Gasteiger partial charge in [0.2, 0.25) is 5.95 Å². The van der Waals surface area contributed by atoms with Crippen molar-refractivity contribution in [2.45, 2.75) is 26.7 Å². The smallest absolute Gasteiger partial charge is 0.337 e. The van der Waals surface area contributed by atoms with E-state index in [4.69, 9.17) is 9.72 Å². The average Bonchev–Trinajstić information content (AvgIpc) is 2.73. The fourth-order valence-electron chi connectivity index (χ4n) is 3.29. The highest BCUT2D eigenvalue weighted by Gasteiger charge is 2.18. The van der Waals surface area contributed by atoms with Gasteiger partial charge < -0.3 is 9.64 Å². The average molecular weight is 379 g/mol. The molecule has 0 saturated carbocycles. The third-order valence-electron chi connectivity index (χ3n) is 4.56. The molecule has 3 aromatic rings. The van der Waals surface area contributed by atoms with Crippen LogP contribution in [0.4, 0.5) is 5.95 Å². The van der Waals surface area contributed by atoms with Crippen molar-refractivity contribution >= 4 is 22.8 Å². The minimum Gasteiger partial charge on any atom is -0.465 e. The molecule has 1 heterocycles. The molecule has 0 saturated heterocycles. The van der Waals surface area contributed by atoms with Gasteiger partial charge in [-0.25, -0.2) is 14.3 Å². The quantitative estimate of drug-likeness (QED) is 0.584. The number of hydrogen-bond acceptors (Lipinski definition) is 5. The van der Waals surface area contributed by atoms with Crippen LogP contribution in [0.25, 0.3) is 16.6 Å². The number of esters is 1. The second kappa shape index (κ2) is 8.69. The van der Waals surface area contributed by atoms with Gasteiger partial charge in [-0.05, 0) is 43.2 Å². The number of rotatable bonds is 7. The molecule has 28 heavy (non-hydrogen) atoms. The van der Waals surface area contributed by atoms with Gasteiger partial charge in [-0.3, -0.25) is 4.79 Å². The van der Waals surface area contributed by atoms with Crippen LogP contribution in [0.15, 0.2) is 53.3 Å². The predicted octanol–water partition coefficient (Wildman–Crippen LogP) is 3.80. The Morgan fingerprint density at radius 2 is 1.75 bits per heavy atom. The van der Waals surface area contributed by atoms with Gasteiger partial charge in [-0.1, -0.05) is 32.0 Å². The van der Waals surface area contributed by atoms with Gasteiger partial charge in [0.05, 0.1) is 29.3 Å². The first-order valence-corrected chi connectivity index (χ1v) is 9.56. The third kappa shape index (κ3) is 3.76. The van der Waals surface area contributed by atoms with Gasteiger partial charge >= 0.3 is 5.97 Å². The Morgan fingerprint density at radius 1 is 1.07 bits per heavy atom. The van der Waals surface area contributed by atoms with E-state index in [9.17, 15) is 9.59 Å². The van der Waals surface area contributed by atoms with Crippen LogP contribution >= 0.6 is 0 Å². The Morgan fingerprint density at radius 3 is 2.36 bits per heavy atom. The molecular formula is C22H25N3O3. The predicted molar refractivity (Wildman–Crippen MR) is 111 cm³/mol. The normalized spacial score (nSPS) is 10.8. The number of para-hydroxylation sites is 1. The molecule has 2 aromatic carbocycles. The van der Waals surface area contributed by atoms with Gasteiger partial charge in [-0.15, -0.1) is 0 Å². The first-order chi connectivity index (χ1) is 13.6. The van der Waals surface area contributed by atoms with E-state index in [1.807, 2.05) is 30.3 Å². The van der Waals surface area contributed by atoms with E-state index in [1.165, 1.54) is 7.11 Å². The Labute approximate surface area is 164 Å². The number of carbonyl (C=O) groups excluding carboxylic acids is 1. The zero-order valence-electron chi connectivity index (χ0n) is 16.5. The van der Waals surface area contributed by atoms with Crippen molar-refractivity contribution in [1.29, 1.82) is 0 Å². The molecule has 0 bridgehead atoms. The highest BCUT2D eigenvalue weighted by molar-refractivity contribution is 5.94. The van der Waals surface area contributed by atoms with Gasteiger partial charge in [0.25, 0.3) is 5.56 Å². The summed E-state index contributed by atoms with van der Waals surface area (Å²) in [6, 6.07) is 14.4. The molecule has 0 spiro atoms. The molecule has 6 heteroatoms. The summed E-state index contributed by atoms with van der Waals surface area (Å²) in [6.45, 7) is 5.78.